The lowest BCUT2D eigenvalue weighted by atomic mass is 10.0. The van der Waals surface area contributed by atoms with Crippen LogP contribution in [0.3, 0.4) is 0 Å². The zero-order valence-electron chi connectivity index (χ0n) is 31.7. The number of aromatic nitrogens is 1. The number of nitrogens with one attached hydrogen (secondary N) is 5. The molecule has 0 unspecified atom stereocenters. The standard InChI is InChI=1S/C42H50FN9O4/c1-3-21-46-25-30-27-52(26-29-11-13-31(43)14-12-29)38-20-17-33(24-35(30)38)48-40(54)37(23-28-8-5-4-6-9-28)50-39(53)36(10-7-22-47-41(44)45)51-42(55)49-32-15-18-34(56-2)19-16-32/h4-6,8-9,11-20,24,27,36-37,46H,3,7,10,21-23,25-26H2,1-2H3,(H,48,54)(H,50,53)(H4,44,45,47)(H2,49,51,55)/t36-,37-/m1/s1. The molecule has 1 heterocycles. The number of hydrogen-bond acceptors (Lipinski definition) is 6. The molecule has 0 spiro atoms. The molecule has 2 atom stereocenters. The van der Waals surface area contributed by atoms with Crippen molar-refractivity contribution >= 4 is 46.1 Å². The van der Waals surface area contributed by atoms with Crippen LogP contribution in [-0.4, -0.2) is 60.7 Å². The second kappa shape index (κ2) is 20.3. The summed E-state index contributed by atoms with van der Waals surface area (Å²) in [5.74, 6) is -0.723. The summed E-state index contributed by atoms with van der Waals surface area (Å²) in [5.41, 5.74) is 15.8. The summed E-state index contributed by atoms with van der Waals surface area (Å²) < 4.78 is 20.9. The van der Waals surface area contributed by atoms with Crippen molar-refractivity contribution in [2.75, 3.05) is 30.8 Å². The highest BCUT2D eigenvalue weighted by molar-refractivity contribution is 6.01. The van der Waals surface area contributed by atoms with Crippen LogP contribution in [0.1, 0.15) is 42.9 Å². The van der Waals surface area contributed by atoms with E-state index in [1.807, 2.05) is 48.5 Å². The monoisotopic (exact) mass is 763 g/mol. The van der Waals surface area contributed by atoms with Crippen LogP contribution in [0, 0.1) is 5.82 Å². The highest BCUT2D eigenvalue weighted by Gasteiger charge is 2.27. The molecule has 0 aliphatic carbocycles. The predicted molar refractivity (Wildman–Crippen MR) is 219 cm³/mol. The van der Waals surface area contributed by atoms with E-state index >= 15 is 0 Å². The van der Waals surface area contributed by atoms with Gasteiger partial charge in [-0.05, 0) is 97.1 Å². The second-order valence-corrected chi connectivity index (χ2v) is 13.4. The fraction of sp³-hybridized carbons (Fsp3) is 0.286. The molecule has 0 saturated carbocycles. The molecule has 4 amide bonds. The van der Waals surface area contributed by atoms with Crippen molar-refractivity contribution in [2.45, 2.75) is 57.8 Å². The van der Waals surface area contributed by atoms with Crippen molar-refractivity contribution in [1.29, 1.82) is 0 Å². The molecule has 0 fully saturated rings. The molecule has 0 aliphatic heterocycles. The number of ether oxygens (including phenoxy) is 1. The van der Waals surface area contributed by atoms with E-state index in [0.29, 0.717) is 36.6 Å². The lowest BCUT2D eigenvalue weighted by Gasteiger charge is -2.23. The summed E-state index contributed by atoms with van der Waals surface area (Å²) in [6, 6.07) is 25.6. The van der Waals surface area contributed by atoms with Gasteiger partial charge in [-0.1, -0.05) is 49.4 Å². The number of nitrogens with two attached hydrogens (primary N) is 2. The van der Waals surface area contributed by atoms with E-state index in [1.165, 1.54) is 12.1 Å². The fourth-order valence-electron chi connectivity index (χ4n) is 6.24. The van der Waals surface area contributed by atoms with Crippen LogP contribution >= 0.6 is 0 Å². The van der Waals surface area contributed by atoms with Crippen LogP contribution in [0.4, 0.5) is 20.6 Å². The maximum Gasteiger partial charge on any atom is 0.319 e. The Morgan fingerprint density at radius 3 is 2.27 bits per heavy atom. The minimum atomic E-state index is -1.02. The zero-order chi connectivity index (χ0) is 39.9. The van der Waals surface area contributed by atoms with Gasteiger partial charge < -0.3 is 47.4 Å². The van der Waals surface area contributed by atoms with Gasteiger partial charge in [-0.25, -0.2) is 9.18 Å². The van der Waals surface area contributed by atoms with E-state index in [4.69, 9.17) is 16.2 Å². The van der Waals surface area contributed by atoms with Crippen molar-refractivity contribution in [1.82, 2.24) is 20.5 Å². The third-order valence-electron chi connectivity index (χ3n) is 9.07. The molecule has 0 saturated heterocycles. The summed E-state index contributed by atoms with van der Waals surface area (Å²) in [5, 5.41) is 15.8. The number of fused-ring (bicyclic) bond motifs is 1. The Hall–Kier alpha value is -6.41. The molecule has 0 bridgehead atoms. The first-order valence-electron chi connectivity index (χ1n) is 18.6. The molecule has 1 aromatic heterocycles. The Balaban J connectivity index is 1.37. The third-order valence-corrected chi connectivity index (χ3v) is 9.07. The first kappa shape index (κ1) is 40.8. The minimum Gasteiger partial charge on any atom is -0.497 e. The quantitative estimate of drug-likeness (QED) is 0.0340. The SMILES string of the molecule is CCCNCc1cn(Cc2ccc(F)cc2)c2ccc(NC(=O)[C@@H](Cc3ccccc3)NC(=O)[C@@H](CCCN=C(N)N)NC(=O)Nc3ccc(OC)cc3)cc12. The Kier molecular flexibility index (Phi) is 14.8. The number of hydrogen-bond donors (Lipinski definition) is 7. The van der Waals surface area contributed by atoms with Crippen LogP contribution in [0.5, 0.6) is 5.75 Å². The normalized spacial score (nSPS) is 12.0. The van der Waals surface area contributed by atoms with Gasteiger partial charge in [-0.2, -0.15) is 0 Å². The number of amides is 4. The van der Waals surface area contributed by atoms with Crippen molar-refractivity contribution in [3.63, 3.8) is 0 Å². The van der Waals surface area contributed by atoms with Gasteiger partial charge in [-0.15, -0.1) is 0 Å². The van der Waals surface area contributed by atoms with E-state index in [9.17, 15) is 18.8 Å². The van der Waals surface area contributed by atoms with Crippen molar-refractivity contribution in [3.8, 4) is 5.75 Å². The van der Waals surface area contributed by atoms with Gasteiger partial charge in [-0.3, -0.25) is 14.6 Å². The number of rotatable bonds is 19. The lowest BCUT2D eigenvalue weighted by molar-refractivity contribution is -0.127. The van der Waals surface area contributed by atoms with Crippen LogP contribution < -0.4 is 42.8 Å². The zero-order valence-corrected chi connectivity index (χ0v) is 31.7. The molecule has 294 valence electrons. The summed E-state index contributed by atoms with van der Waals surface area (Å²) in [4.78, 5) is 45.2. The Bertz CT molecular complexity index is 2080. The number of halogens is 1. The number of methoxy groups -OCH3 is 1. The van der Waals surface area contributed by atoms with Gasteiger partial charge in [0.05, 0.1) is 7.11 Å². The first-order valence-corrected chi connectivity index (χ1v) is 18.6. The fourth-order valence-corrected chi connectivity index (χ4v) is 6.24. The van der Waals surface area contributed by atoms with E-state index < -0.39 is 29.9 Å². The highest BCUT2D eigenvalue weighted by atomic mass is 19.1. The van der Waals surface area contributed by atoms with Crippen LogP contribution in [0.15, 0.2) is 108 Å². The summed E-state index contributed by atoms with van der Waals surface area (Å²) in [6.45, 7) is 4.35. The Morgan fingerprint density at radius 1 is 0.839 bits per heavy atom. The number of carbonyl (C=O) groups is 3. The largest absolute Gasteiger partial charge is 0.497 e. The number of guanidine groups is 1. The van der Waals surface area contributed by atoms with E-state index in [1.54, 1.807) is 43.5 Å². The van der Waals surface area contributed by atoms with Gasteiger partial charge in [0.2, 0.25) is 11.8 Å². The summed E-state index contributed by atoms with van der Waals surface area (Å²) in [7, 11) is 1.55. The van der Waals surface area contributed by atoms with E-state index in [-0.39, 0.29) is 31.2 Å². The van der Waals surface area contributed by atoms with Crippen LogP contribution in [0.25, 0.3) is 10.9 Å². The topological polar surface area (TPSA) is 190 Å². The number of anilines is 2. The molecular weight excluding hydrogens is 714 g/mol. The van der Waals surface area contributed by atoms with E-state index in [2.05, 4.69) is 49.3 Å². The molecule has 14 heteroatoms. The molecule has 4 aromatic carbocycles. The Morgan fingerprint density at radius 2 is 1.57 bits per heavy atom. The maximum atomic E-state index is 14.1. The van der Waals surface area contributed by atoms with Crippen LogP contribution in [-0.2, 0) is 29.1 Å². The molecule has 9 N–H and O–H groups in total. The number of nitrogens with zero attached hydrogens (tertiary/aromatic N) is 2. The number of aliphatic imine (C=N–C) groups is 1. The summed E-state index contributed by atoms with van der Waals surface area (Å²) >= 11 is 0. The number of benzene rings is 4. The molecule has 0 aliphatic rings. The van der Waals surface area contributed by atoms with Gasteiger partial charge in [0.25, 0.3) is 0 Å². The molecule has 5 rings (SSSR count). The number of carbonyl (C=O) groups excluding carboxylic acids is 3. The predicted octanol–water partition coefficient (Wildman–Crippen LogP) is 5.25. The Labute approximate surface area is 326 Å². The first-order chi connectivity index (χ1) is 27.1. The maximum absolute atomic E-state index is 14.1. The molecular formula is C42H50FN9O4. The van der Waals surface area contributed by atoms with Gasteiger partial charge in [0, 0.05) is 54.5 Å². The highest BCUT2D eigenvalue weighted by Crippen LogP contribution is 2.27. The van der Waals surface area contributed by atoms with Gasteiger partial charge in [0.15, 0.2) is 5.96 Å². The molecule has 56 heavy (non-hydrogen) atoms. The van der Waals surface area contributed by atoms with Crippen molar-refractivity contribution < 1.29 is 23.5 Å². The van der Waals surface area contributed by atoms with Gasteiger partial charge >= 0.3 is 6.03 Å². The average Bonchev–Trinajstić information content (AvgIpc) is 3.53. The number of urea groups is 1. The second-order valence-electron chi connectivity index (χ2n) is 13.4. The molecule has 5 aromatic rings. The van der Waals surface area contributed by atoms with Crippen molar-refractivity contribution in [3.05, 3.63) is 126 Å². The average molecular weight is 764 g/mol. The van der Waals surface area contributed by atoms with E-state index in [0.717, 1.165) is 40.6 Å². The molecule has 0 radical (unpaired) electrons. The minimum absolute atomic E-state index is 0.0808. The molecule has 13 nitrogen and oxygen atoms in total. The summed E-state index contributed by atoms with van der Waals surface area (Å²) in [6.07, 6.45) is 3.82. The third kappa shape index (κ3) is 12.0. The smallest absolute Gasteiger partial charge is 0.319 e. The lowest BCUT2D eigenvalue weighted by Crippen LogP contribution is -2.54. The van der Waals surface area contributed by atoms with Crippen LogP contribution in [0.2, 0.25) is 0 Å². The van der Waals surface area contributed by atoms with Gasteiger partial charge in [0.1, 0.15) is 23.7 Å². The van der Waals surface area contributed by atoms with Crippen molar-refractivity contribution in [2.24, 2.45) is 16.5 Å².